The Hall–Kier alpha value is -1.71. The first-order valence-electron chi connectivity index (χ1n) is 6.84. The minimum absolute atomic E-state index is 0.366. The lowest BCUT2D eigenvalue weighted by atomic mass is 10.1. The summed E-state index contributed by atoms with van der Waals surface area (Å²) in [5.74, 6) is 2.68. The van der Waals surface area contributed by atoms with Crippen molar-refractivity contribution < 1.29 is 0 Å². The second-order valence-electron chi connectivity index (χ2n) is 5.68. The molecule has 102 valence electrons. The third kappa shape index (κ3) is 3.19. The predicted octanol–water partition coefficient (Wildman–Crippen LogP) is 3.20. The number of rotatable bonds is 4. The number of aromatic nitrogens is 4. The largest absolute Gasteiger partial charge is 0.252 e. The number of hydrogen-bond acceptors (Lipinski definition) is 3. The third-order valence-corrected chi connectivity index (χ3v) is 2.97. The van der Waals surface area contributed by atoms with Crippen LogP contribution in [0.1, 0.15) is 45.1 Å². The van der Waals surface area contributed by atoms with Gasteiger partial charge in [0, 0.05) is 18.7 Å². The van der Waals surface area contributed by atoms with Crippen molar-refractivity contribution in [2.75, 3.05) is 0 Å². The zero-order valence-corrected chi connectivity index (χ0v) is 12.4. The van der Waals surface area contributed by atoms with Gasteiger partial charge in [-0.25, -0.2) is 9.97 Å². The fourth-order valence-electron chi connectivity index (χ4n) is 2.14. The molecular weight excluding hydrogens is 236 g/mol. The second-order valence-corrected chi connectivity index (χ2v) is 5.68. The van der Waals surface area contributed by atoms with Crippen LogP contribution in [0.2, 0.25) is 0 Å². The van der Waals surface area contributed by atoms with Crippen LogP contribution < -0.4 is 0 Å². The van der Waals surface area contributed by atoms with Crippen LogP contribution in [-0.2, 0) is 13.5 Å². The van der Waals surface area contributed by atoms with Gasteiger partial charge in [0.25, 0.3) is 0 Å². The van der Waals surface area contributed by atoms with Gasteiger partial charge in [-0.15, -0.1) is 5.10 Å². The standard InChI is InChI=1S/C15H22N4/c1-10(2)9-12-7-6-8-13(16-12)14-17-15(11(3)4)19(5)18-14/h6-8,10-11H,9H2,1-5H3. The topological polar surface area (TPSA) is 43.6 Å². The molecule has 19 heavy (non-hydrogen) atoms. The van der Waals surface area contributed by atoms with Crippen LogP contribution in [0.25, 0.3) is 11.5 Å². The van der Waals surface area contributed by atoms with Gasteiger partial charge in [0.05, 0.1) is 0 Å². The molecule has 0 N–H and O–H groups in total. The van der Waals surface area contributed by atoms with E-state index in [-0.39, 0.29) is 0 Å². The molecule has 0 fully saturated rings. The average molecular weight is 258 g/mol. The molecule has 0 saturated heterocycles. The van der Waals surface area contributed by atoms with Gasteiger partial charge in [0.15, 0.2) is 5.82 Å². The van der Waals surface area contributed by atoms with Crippen LogP contribution in [0.4, 0.5) is 0 Å². The smallest absolute Gasteiger partial charge is 0.200 e. The van der Waals surface area contributed by atoms with E-state index in [0.717, 1.165) is 29.5 Å². The van der Waals surface area contributed by atoms with Crippen molar-refractivity contribution in [3.63, 3.8) is 0 Å². The lowest BCUT2D eigenvalue weighted by Gasteiger charge is -2.04. The van der Waals surface area contributed by atoms with Gasteiger partial charge in [0.1, 0.15) is 11.5 Å². The Labute approximate surface area is 114 Å². The minimum Gasteiger partial charge on any atom is -0.252 e. The van der Waals surface area contributed by atoms with Gasteiger partial charge in [0.2, 0.25) is 0 Å². The van der Waals surface area contributed by atoms with E-state index in [0.29, 0.717) is 11.8 Å². The molecular formula is C15H22N4. The molecule has 0 amide bonds. The normalized spacial score (nSPS) is 11.5. The molecule has 0 aliphatic heterocycles. The Morgan fingerprint density at radius 3 is 2.42 bits per heavy atom. The number of pyridine rings is 1. The summed E-state index contributed by atoms with van der Waals surface area (Å²) in [5.41, 5.74) is 1.96. The van der Waals surface area contributed by atoms with E-state index in [1.54, 1.807) is 0 Å². The van der Waals surface area contributed by atoms with Crippen molar-refractivity contribution >= 4 is 0 Å². The number of aryl methyl sites for hydroxylation is 1. The predicted molar refractivity (Wildman–Crippen MR) is 76.9 cm³/mol. The lowest BCUT2D eigenvalue weighted by molar-refractivity contribution is 0.635. The van der Waals surface area contributed by atoms with Gasteiger partial charge in [-0.2, -0.15) is 0 Å². The summed E-state index contributed by atoms with van der Waals surface area (Å²) in [4.78, 5) is 9.25. The highest BCUT2D eigenvalue weighted by atomic mass is 15.3. The molecule has 0 aliphatic rings. The molecule has 4 heteroatoms. The molecule has 2 aromatic rings. The molecule has 0 atom stereocenters. The molecule has 4 nitrogen and oxygen atoms in total. The summed E-state index contributed by atoms with van der Waals surface area (Å²) in [7, 11) is 1.93. The Morgan fingerprint density at radius 2 is 1.84 bits per heavy atom. The summed E-state index contributed by atoms with van der Waals surface area (Å²) in [6.07, 6.45) is 0.984. The van der Waals surface area contributed by atoms with Crippen LogP contribution in [0.3, 0.4) is 0 Å². The van der Waals surface area contributed by atoms with E-state index in [2.05, 4.69) is 48.8 Å². The first-order chi connectivity index (χ1) is 8.97. The van der Waals surface area contributed by atoms with Crippen molar-refractivity contribution in [1.29, 1.82) is 0 Å². The lowest BCUT2D eigenvalue weighted by Crippen LogP contribution is -2.00. The SMILES string of the molecule is CC(C)Cc1cccc(-c2nc(C(C)C)n(C)n2)n1. The average Bonchev–Trinajstić information content (AvgIpc) is 2.71. The maximum absolute atomic E-state index is 4.66. The molecule has 2 heterocycles. The van der Waals surface area contributed by atoms with Crippen LogP contribution in [-0.4, -0.2) is 19.7 Å². The van der Waals surface area contributed by atoms with E-state index in [1.807, 2.05) is 23.9 Å². The zero-order chi connectivity index (χ0) is 14.0. The first-order valence-corrected chi connectivity index (χ1v) is 6.84. The van der Waals surface area contributed by atoms with Gasteiger partial charge >= 0.3 is 0 Å². The van der Waals surface area contributed by atoms with E-state index in [9.17, 15) is 0 Å². The Kier molecular flexibility index (Phi) is 3.98. The highest BCUT2D eigenvalue weighted by molar-refractivity contribution is 5.48. The van der Waals surface area contributed by atoms with Crippen molar-refractivity contribution in [3.8, 4) is 11.5 Å². The molecule has 0 saturated carbocycles. The second kappa shape index (κ2) is 5.51. The third-order valence-electron chi connectivity index (χ3n) is 2.97. The quantitative estimate of drug-likeness (QED) is 0.846. The Morgan fingerprint density at radius 1 is 1.11 bits per heavy atom. The summed E-state index contributed by atoms with van der Waals surface area (Å²) >= 11 is 0. The molecule has 2 rings (SSSR count). The van der Waals surface area contributed by atoms with E-state index in [4.69, 9.17) is 0 Å². The molecule has 0 aliphatic carbocycles. The zero-order valence-electron chi connectivity index (χ0n) is 12.4. The van der Waals surface area contributed by atoms with Crippen molar-refractivity contribution in [3.05, 3.63) is 29.7 Å². The minimum atomic E-state index is 0.366. The molecule has 0 radical (unpaired) electrons. The molecule has 0 unspecified atom stereocenters. The van der Waals surface area contributed by atoms with Crippen molar-refractivity contribution in [1.82, 2.24) is 19.7 Å². The number of hydrogen-bond donors (Lipinski definition) is 0. The fraction of sp³-hybridized carbons (Fsp3) is 0.533. The summed E-state index contributed by atoms with van der Waals surface area (Å²) in [6, 6.07) is 6.07. The summed E-state index contributed by atoms with van der Waals surface area (Å²) < 4.78 is 1.84. The van der Waals surface area contributed by atoms with Gasteiger partial charge in [-0.3, -0.25) is 4.68 Å². The van der Waals surface area contributed by atoms with Crippen LogP contribution in [0.15, 0.2) is 18.2 Å². The van der Waals surface area contributed by atoms with E-state index >= 15 is 0 Å². The molecule has 0 aromatic carbocycles. The Balaban J connectivity index is 2.33. The monoisotopic (exact) mass is 258 g/mol. The summed E-state index contributed by atoms with van der Waals surface area (Å²) in [6.45, 7) is 8.64. The maximum Gasteiger partial charge on any atom is 0.200 e. The first kappa shape index (κ1) is 13.7. The molecule has 0 spiro atoms. The van der Waals surface area contributed by atoms with Crippen LogP contribution >= 0.6 is 0 Å². The highest BCUT2D eigenvalue weighted by Crippen LogP contribution is 2.18. The molecule has 2 aromatic heterocycles. The van der Waals surface area contributed by atoms with E-state index < -0.39 is 0 Å². The summed E-state index contributed by atoms with van der Waals surface area (Å²) in [5, 5.41) is 4.47. The molecule has 0 bridgehead atoms. The van der Waals surface area contributed by atoms with Crippen LogP contribution in [0, 0.1) is 5.92 Å². The van der Waals surface area contributed by atoms with Crippen LogP contribution in [0.5, 0.6) is 0 Å². The van der Waals surface area contributed by atoms with Gasteiger partial charge in [-0.1, -0.05) is 33.8 Å². The highest BCUT2D eigenvalue weighted by Gasteiger charge is 2.13. The number of nitrogens with zero attached hydrogens (tertiary/aromatic N) is 4. The van der Waals surface area contributed by atoms with E-state index in [1.165, 1.54) is 0 Å². The van der Waals surface area contributed by atoms with Crippen molar-refractivity contribution in [2.45, 2.75) is 40.0 Å². The Bertz CT molecular complexity index is 555. The van der Waals surface area contributed by atoms with Gasteiger partial charge in [-0.05, 0) is 24.5 Å². The van der Waals surface area contributed by atoms with Crippen molar-refractivity contribution in [2.24, 2.45) is 13.0 Å². The fourth-order valence-corrected chi connectivity index (χ4v) is 2.14. The van der Waals surface area contributed by atoms with Gasteiger partial charge < -0.3 is 0 Å². The maximum atomic E-state index is 4.66.